The van der Waals surface area contributed by atoms with Crippen LogP contribution in [0.5, 0.6) is 0 Å². The van der Waals surface area contributed by atoms with E-state index in [1.165, 1.54) is 59.0 Å². The average Bonchev–Trinajstić information content (AvgIpc) is 4.13. The van der Waals surface area contributed by atoms with E-state index in [2.05, 4.69) is 169 Å². The zero-order chi connectivity index (χ0) is 41.7. The standard InChI is InChI=1S/C62H55NO/c1-8-25-48-39(17-1)40-18-2-9-26-49(40)61(48)50-27-10-3-21-43(50)45-36-35-38(37-54(45)61)63(55-31-16-34-58-59(55)47-23-7-14-33-57(47)64-58)56-32-15-24-46-44-22-6-13-30-53(44)62(60(46)56)51-28-11-4-19-41(51)42-20-5-12-29-52(42)62/h1-4,6,8,10-12,14-16,18-19,21-22,24,27-29,31-36,38-40,43,45,48-50,54,56,60H,5,9,13,17,20,25-26,30,37H2. The van der Waals surface area contributed by atoms with E-state index < -0.39 is 0 Å². The third-order valence-electron chi connectivity index (χ3n) is 19.2. The van der Waals surface area contributed by atoms with E-state index in [0.717, 1.165) is 60.5 Å². The molecule has 0 aliphatic heterocycles. The molecule has 3 aromatic carbocycles. The van der Waals surface area contributed by atoms with Crippen LogP contribution in [0.15, 0.2) is 185 Å². The van der Waals surface area contributed by atoms with Crippen molar-refractivity contribution in [3.8, 4) is 0 Å². The molecule has 11 aliphatic carbocycles. The Morgan fingerprint density at radius 2 is 1.62 bits per heavy atom. The smallest absolute Gasteiger partial charge is 0.144 e. The van der Waals surface area contributed by atoms with Gasteiger partial charge in [0.2, 0.25) is 0 Å². The first-order chi connectivity index (χ1) is 31.8. The summed E-state index contributed by atoms with van der Waals surface area (Å²) in [5, 5.41) is 2.22. The van der Waals surface area contributed by atoms with Gasteiger partial charge in [0.25, 0.3) is 0 Å². The van der Waals surface area contributed by atoms with Crippen molar-refractivity contribution in [3.05, 3.63) is 203 Å². The number of hydrogen-bond donors (Lipinski definition) is 0. The van der Waals surface area contributed by atoms with E-state index in [1.54, 1.807) is 16.7 Å². The number of rotatable bonds is 3. The number of allylic oxidation sites excluding steroid dienone is 19. The predicted octanol–water partition coefficient (Wildman–Crippen LogP) is 14.3. The first-order valence-electron chi connectivity index (χ1n) is 24.9. The summed E-state index contributed by atoms with van der Waals surface area (Å²) in [5.74, 6) is 5.35. The lowest BCUT2D eigenvalue weighted by atomic mass is 9.54. The maximum absolute atomic E-state index is 6.73. The topological polar surface area (TPSA) is 16.4 Å². The largest absolute Gasteiger partial charge is 0.455 e. The minimum atomic E-state index is -0.233. The molecule has 4 aromatic rings. The average molecular weight is 830 g/mol. The summed E-state index contributed by atoms with van der Waals surface area (Å²) in [6.07, 6.45) is 54.2. The van der Waals surface area contributed by atoms with Crippen LogP contribution in [0.3, 0.4) is 0 Å². The van der Waals surface area contributed by atoms with E-state index in [9.17, 15) is 0 Å². The summed E-state index contributed by atoms with van der Waals surface area (Å²) in [4.78, 5) is 2.96. The lowest BCUT2D eigenvalue weighted by molar-refractivity contribution is 0.00930. The fourth-order valence-corrected chi connectivity index (χ4v) is 17.6. The fraction of sp³-hybridized carbons (Fsp3) is 0.355. The highest BCUT2D eigenvalue weighted by Crippen LogP contribution is 2.76. The molecule has 64 heavy (non-hydrogen) atoms. The minimum absolute atomic E-state index is 0.0856. The van der Waals surface area contributed by atoms with Gasteiger partial charge in [0.05, 0.1) is 27.9 Å². The molecule has 2 heteroatoms. The van der Waals surface area contributed by atoms with Crippen LogP contribution in [0, 0.1) is 70.8 Å². The lowest BCUT2D eigenvalue weighted by Crippen LogP contribution is -2.54. The summed E-state index contributed by atoms with van der Waals surface area (Å²) in [6, 6.07) is 27.7. The summed E-state index contributed by atoms with van der Waals surface area (Å²) in [6.45, 7) is 0. The van der Waals surface area contributed by atoms with Crippen molar-refractivity contribution in [2.24, 2.45) is 58.7 Å². The van der Waals surface area contributed by atoms with Crippen molar-refractivity contribution in [1.29, 1.82) is 0 Å². The molecule has 11 aliphatic rings. The van der Waals surface area contributed by atoms with Crippen molar-refractivity contribution in [1.82, 2.24) is 0 Å². The van der Waals surface area contributed by atoms with Crippen molar-refractivity contribution in [2.75, 3.05) is 4.90 Å². The molecule has 2 saturated carbocycles. The van der Waals surface area contributed by atoms with Gasteiger partial charge in [-0.15, -0.1) is 0 Å². The van der Waals surface area contributed by atoms with Crippen LogP contribution in [0.4, 0.5) is 5.69 Å². The molecule has 0 radical (unpaired) electrons. The number of furan rings is 1. The quantitative estimate of drug-likeness (QED) is 0.191. The number of anilines is 1. The van der Waals surface area contributed by atoms with Crippen molar-refractivity contribution in [2.45, 2.75) is 75.3 Å². The van der Waals surface area contributed by atoms with Crippen molar-refractivity contribution >= 4 is 33.2 Å². The van der Waals surface area contributed by atoms with Crippen LogP contribution in [-0.4, -0.2) is 12.1 Å². The molecule has 15 rings (SSSR count). The first kappa shape index (κ1) is 36.5. The molecule has 0 saturated heterocycles. The number of fused-ring (bicyclic) bond motifs is 21. The van der Waals surface area contributed by atoms with E-state index in [1.807, 2.05) is 6.07 Å². The number of hydrogen-bond acceptors (Lipinski definition) is 2. The SMILES string of the molecule is c1ccc2oc3cccc(N(C4C=CC5C6C=CC=CC6C6(C5C4)C4CCC=CC4C4CC=CCC46)C4C=CC=C5C6=C(CCC=C6)C6(C7=C(CCC=C7)c7ccccc76)C54)c3c2c#1. The van der Waals surface area contributed by atoms with Gasteiger partial charge in [-0.1, -0.05) is 146 Å². The fourth-order valence-electron chi connectivity index (χ4n) is 17.6. The highest BCUT2D eigenvalue weighted by atomic mass is 16.3. The Hall–Kier alpha value is -5.78. The molecule has 13 unspecified atom stereocenters. The molecule has 1 aromatic heterocycles. The molecule has 2 fully saturated rings. The van der Waals surface area contributed by atoms with Crippen LogP contribution in [-0.2, 0) is 5.41 Å². The van der Waals surface area contributed by atoms with Crippen molar-refractivity contribution in [3.63, 3.8) is 0 Å². The molecule has 2 nitrogen and oxygen atoms in total. The summed E-state index contributed by atoms with van der Waals surface area (Å²) in [7, 11) is 0. The normalized spacial score (nSPS) is 38.6. The van der Waals surface area contributed by atoms with E-state index in [-0.39, 0.29) is 28.8 Å². The van der Waals surface area contributed by atoms with E-state index in [4.69, 9.17) is 4.42 Å². The third kappa shape index (κ3) is 4.45. The summed E-state index contributed by atoms with van der Waals surface area (Å²) < 4.78 is 6.73. The molecule has 0 bridgehead atoms. The second kappa shape index (κ2) is 13.4. The Labute approximate surface area is 378 Å². The summed E-state index contributed by atoms with van der Waals surface area (Å²) in [5.41, 5.74) is 14.0. The molecule has 2 spiro atoms. The zero-order valence-corrected chi connectivity index (χ0v) is 36.6. The van der Waals surface area contributed by atoms with Gasteiger partial charge in [-0.25, -0.2) is 0 Å². The van der Waals surface area contributed by atoms with Gasteiger partial charge in [0.1, 0.15) is 11.2 Å². The van der Waals surface area contributed by atoms with Gasteiger partial charge in [-0.05, 0) is 174 Å². The van der Waals surface area contributed by atoms with Crippen LogP contribution in [0.1, 0.15) is 68.9 Å². The Bertz CT molecular complexity index is 3040. The van der Waals surface area contributed by atoms with Gasteiger partial charge in [-0.2, -0.15) is 0 Å². The Kier molecular flexibility index (Phi) is 7.65. The number of nitrogens with zero attached hydrogens (tertiary/aromatic N) is 1. The van der Waals surface area contributed by atoms with Gasteiger partial charge < -0.3 is 9.32 Å². The van der Waals surface area contributed by atoms with Crippen molar-refractivity contribution < 1.29 is 4.42 Å². The Morgan fingerprint density at radius 1 is 0.703 bits per heavy atom. The molecule has 0 N–H and O–H groups in total. The summed E-state index contributed by atoms with van der Waals surface area (Å²) >= 11 is 0. The second-order valence-corrected chi connectivity index (χ2v) is 21.1. The molecule has 314 valence electrons. The Balaban J connectivity index is 0.967. The predicted molar refractivity (Wildman–Crippen MR) is 260 cm³/mol. The zero-order valence-electron chi connectivity index (χ0n) is 36.6. The minimum Gasteiger partial charge on any atom is -0.455 e. The second-order valence-electron chi connectivity index (χ2n) is 21.1. The van der Waals surface area contributed by atoms with Gasteiger partial charge in [-0.3, -0.25) is 0 Å². The van der Waals surface area contributed by atoms with Gasteiger partial charge in [0, 0.05) is 12.0 Å². The van der Waals surface area contributed by atoms with Crippen LogP contribution in [0.25, 0.3) is 27.5 Å². The highest BCUT2D eigenvalue weighted by Gasteiger charge is 2.71. The van der Waals surface area contributed by atoms with E-state index >= 15 is 0 Å². The molecule has 13 atom stereocenters. The van der Waals surface area contributed by atoms with Crippen LogP contribution >= 0.6 is 0 Å². The van der Waals surface area contributed by atoms with E-state index in [0.29, 0.717) is 35.5 Å². The molecular formula is C62H55NO. The molecule has 1 heterocycles. The maximum Gasteiger partial charge on any atom is 0.144 e. The number of benzene rings is 2. The molecular weight excluding hydrogens is 775 g/mol. The Morgan fingerprint density at radius 3 is 2.62 bits per heavy atom. The third-order valence-corrected chi connectivity index (χ3v) is 19.2. The monoisotopic (exact) mass is 829 g/mol. The maximum atomic E-state index is 6.73. The molecule has 0 amide bonds. The van der Waals surface area contributed by atoms with Crippen LogP contribution in [0.2, 0.25) is 0 Å². The first-order valence-corrected chi connectivity index (χ1v) is 24.9. The van der Waals surface area contributed by atoms with Gasteiger partial charge >= 0.3 is 0 Å². The highest BCUT2D eigenvalue weighted by molar-refractivity contribution is 6.11. The van der Waals surface area contributed by atoms with Gasteiger partial charge in [0.15, 0.2) is 0 Å². The lowest BCUT2D eigenvalue weighted by Gasteiger charge is -2.53. The van der Waals surface area contributed by atoms with Crippen LogP contribution < -0.4 is 4.90 Å².